The molecule has 0 atom stereocenters. The second kappa shape index (κ2) is 6.49. The molecule has 0 saturated carbocycles. The maximum Gasteiger partial charge on any atom is 0.273 e. The Balaban J connectivity index is 1.41. The predicted octanol–water partition coefficient (Wildman–Crippen LogP) is 2.90. The second-order valence-electron chi connectivity index (χ2n) is 5.72. The quantitative estimate of drug-likeness (QED) is 0.737. The normalized spacial score (nSPS) is 14.8. The van der Waals surface area contributed by atoms with E-state index in [0.717, 1.165) is 31.3 Å². The summed E-state index contributed by atoms with van der Waals surface area (Å²) in [7, 11) is 0. The first-order valence-electron chi connectivity index (χ1n) is 7.99. The van der Waals surface area contributed by atoms with Gasteiger partial charge in [-0.15, -0.1) is 11.3 Å². The summed E-state index contributed by atoms with van der Waals surface area (Å²) >= 11 is 1.49. The molecule has 5 nitrogen and oxygen atoms in total. The van der Waals surface area contributed by atoms with Crippen LogP contribution in [0.2, 0.25) is 0 Å². The minimum atomic E-state index is 0.0253. The molecule has 3 heterocycles. The summed E-state index contributed by atoms with van der Waals surface area (Å²) in [4.78, 5) is 21.4. The van der Waals surface area contributed by atoms with Gasteiger partial charge >= 0.3 is 0 Å². The lowest BCUT2D eigenvalue weighted by atomic mass is 10.2. The van der Waals surface area contributed by atoms with E-state index >= 15 is 0 Å². The largest absolute Gasteiger partial charge is 0.368 e. The van der Waals surface area contributed by atoms with E-state index < -0.39 is 0 Å². The van der Waals surface area contributed by atoms with Gasteiger partial charge in [0, 0.05) is 49.6 Å². The summed E-state index contributed by atoms with van der Waals surface area (Å²) in [5.41, 5.74) is 1.75. The summed E-state index contributed by atoms with van der Waals surface area (Å²) in [6, 6.07) is 14.2. The molecule has 1 aromatic carbocycles. The molecule has 4 rings (SSSR count). The van der Waals surface area contributed by atoms with Gasteiger partial charge in [-0.05, 0) is 24.3 Å². The average molecular weight is 338 g/mol. The number of thiazole rings is 1. The number of piperazine rings is 1. The molecule has 1 aliphatic heterocycles. The van der Waals surface area contributed by atoms with Crippen LogP contribution < -0.4 is 4.90 Å². The highest BCUT2D eigenvalue weighted by atomic mass is 32.1. The van der Waals surface area contributed by atoms with Crippen LogP contribution in [0.5, 0.6) is 0 Å². The first-order chi connectivity index (χ1) is 11.8. The fraction of sp³-hybridized carbons (Fsp3) is 0.222. The monoisotopic (exact) mass is 338 g/mol. The molecule has 6 heteroatoms. The van der Waals surface area contributed by atoms with Crippen molar-refractivity contribution in [2.75, 3.05) is 31.1 Å². The molecule has 0 unspecified atom stereocenters. The maximum atomic E-state index is 12.7. The van der Waals surface area contributed by atoms with Crippen LogP contribution >= 0.6 is 11.3 Å². The van der Waals surface area contributed by atoms with Gasteiger partial charge in [-0.1, -0.05) is 18.2 Å². The van der Waals surface area contributed by atoms with Gasteiger partial charge < -0.3 is 14.4 Å². The van der Waals surface area contributed by atoms with Crippen molar-refractivity contribution in [1.29, 1.82) is 0 Å². The summed E-state index contributed by atoms with van der Waals surface area (Å²) in [5.74, 6) is 0.0253. The lowest BCUT2D eigenvalue weighted by Crippen LogP contribution is -2.48. The zero-order valence-corrected chi connectivity index (χ0v) is 14.0. The number of benzene rings is 1. The van der Waals surface area contributed by atoms with Crippen LogP contribution in [0.25, 0.3) is 5.13 Å². The fourth-order valence-corrected chi connectivity index (χ4v) is 3.68. The average Bonchev–Trinajstić information content (AvgIpc) is 3.33. The predicted molar refractivity (Wildman–Crippen MR) is 96.0 cm³/mol. The van der Waals surface area contributed by atoms with Crippen molar-refractivity contribution in [2.24, 2.45) is 0 Å². The standard InChI is InChI=1S/C18H18N4OS/c23-17(16-14-24-18(19-16)22-8-4-5-9-22)21-12-10-20(11-13-21)15-6-2-1-3-7-15/h1-9,14H,10-13H2. The van der Waals surface area contributed by atoms with Crippen LogP contribution in [-0.4, -0.2) is 46.5 Å². The molecule has 0 radical (unpaired) electrons. The Morgan fingerprint density at radius 2 is 1.67 bits per heavy atom. The summed E-state index contributed by atoms with van der Waals surface area (Å²) in [6.45, 7) is 3.16. The highest BCUT2D eigenvalue weighted by Crippen LogP contribution is 2.19. The van der Waals surface area contributed by atoms with Gasteiger partial charge in [0.1, 0.15) is 5.69 Å². The Hall–Kier alpha value is -2.60. The molecule has 0 N–H and O–H groups in total. The van der Waals surface area contributed by atoms with Crippen LogP contribution in [0, 0.1) is 0 Å². The van der Waals surface area contributed by atoms with E-state index in [2.05, 4.69) is 22.0 Å². The van der Waals surface area contributed by atoms with Crippen LogP contribution in [0.15, 0.2) is 60.2 Å². The topological polar surface area (TPSA) is 41.4 Å². The van der Waals surface area contributed by atoms with E-state index in [0.29, 0.717) is 5.69 Å². The number of carbonyl (C=O) groups excluding carboxylic acids is 1. The van der Waals surface area contributed by atoms with Gasteiger partial charge in [0.15, 0.2) is 5.13 Å². The summed E-state index contributed by atoms with van der Waals surface area (Å²) in [5, 5.41) is 2.67. The van der Waals surface area contributed by atoms with Crippen LogP contribution in [-0.2, 0) is 0 Å². The molecule has 2 aromatic heterocycles. The van der Waals surface area contributed by atoms with E-state index in [1.165, 1.54) is 17.0 Å². The number of anilines is 1. The van der Waals surface area contributed by atoms with Crippen molar-refractivity contribution in [2.45, 2.75) is 0 Å². The van der Waals surface area contributed by atoms with Crippen LogP contribution in [0.4, 0.5) is 5.69 Å². The van der Waals surface area contributed by atoms with Crippen LogP contribution in [0.3, 0.4) is 0 Å². The van der Waals surface area contributed by atoms with Crippen molar-refractivity contribution in [1.82, 2.24) is 14.5 Å². The van der Waals surface area contributed by atoms with E-state index in [-0.39, 0.29) is 5.91 Å². The Morgan fingerprint density at radius 3 is 2.38 bits per heavy atom. The van der Waals surface area contributed by atoms with E-state index in [9.17, 15) is 4.79 Å². The zero-order chi connectivity index (χ0) is 16.4. The number of aromatic nitrogens is 2. The minimum absolute atomic E-state index is 0.0253. The number of hydrogen-bond acceptors (Lipinski definition) is 4. The van der Waals surface area contributed by atoms with Gasteiger partial charge in [-0.3, -0.25) is 4.79 Å². The molecule has 24 heavy (non-hydrogen) atoms. The number of carbonyl (C=O) groups is 1. The first kappa shape index (κ1) is 15.0. The first-order valence-corrected chi connectivity index (χ1v) is 8.87. The van der Waals surface area contributed by atoms with Gasteiger partial charge in [-0.25, -0.2) is 4.98 Å². The third kappa shape index (κ3) is 2.92. The van der Waals surface area contributed by atoms with E-state index in [4.69, 9.17) is 0 Å². The van der Waals surface area contributed by atoms with Crippen molar-refractivity contribution in [3.8, 4) is 5.13 Å². The number of hydrogen-bond donors (Lipinski definition) is 0. The van der Waals surface area contributed by atoms with Gasteiger partial charge in [0.2, 0.25) is 0 Å². The highest BCUT2D eigenvalue weighted by molar-refractivity contribution is 7.12. The number of amides is 1. The van der Waals surface area contributed by atoms with Crippen molar-refractivity contribution < 1.29 is 4.79 Å². The molecular weight excluding hydrogens is 320 g/mol. The zero-order valence-electron chi connectivity index (χ0n) is 13.2. The number of para-hydroxylation sites is 1. The van der Waals surface area contributed by atoms with Crippen molar-refractivity contribution in [3.05, 3.63) is 65.9 Å². The van der Waals surface area contributed by atoms with E-state index in [1.54, 1.807) is 0 Å². The molecule has 1 saturated heterocycles. The van der Waals surface area contributed by atoms with Crippen LogP contribution in [0.1, 0.15) is 10.5 Å². The Morgan fingerprint density at radius 1 is 0.958 bits per heavy atom. The Bertz CT molecular complexity index is 805. The Kier molecular flexibility index (Phi) is 4.04. The molecule has 0 bridgehead atoms. The molecule has 122 valence electrons. The molecule has 0 spiro atoms. The highest BCUT2D eigenvalue weighted by Gasteiger charge is 2.24. The molecule has 1 fully saturated rings. The molecular formula is C18H18N4OS. The van der Waals surface area contributed by atoms with Gasteiger partial charge in [0.25, 0.3) is 5.91 Å². The minimum Gasteiger partial charge on any atom is -0.368 e. The smallest absolute Gasteiger partial charge is 0.273 e. The molecule has 1 aliphatic rings. The lowest BCUT2D eigenvalue weighted by molar-refractivity contribution is 0.0741. The second-order valence-corrected chi connectivity index (χ2v) is 6.56. The van der Waals surface area contributed by atoms with Crippen molar-refractivity contribution in [3.63, 3.8) is 0 Å². The molecule has 0 aliphatic carbocycles. The summed E-state index contributed by atoms with van der Waals surface area (Å²) < 4.78 is 1.93. The molecule has 1 amide bonds. The van der Waals surface area contributed by atoms with Gasteiger partial charge in [-0.2, -0.15) is 0 Å². The summed E-state index contributed by atoms with van der Waals surface area (Å²) in [6.07, 6.45) is 3.87. The van der Waals surface area contributed by atoms with Gasteiger partial charge in [0.05, 0.1) is 0 Å². The molecule has 3 aromatic rings. The lowest BCUT2D eigenvalue weighted by Gasteiger charge is -2.35. The van der Waals surface area contributed by atoms with Crippen molar-refractivity contribution >= 4 is 22.9 Å². The maximum absolute atomic E-state index is 12.7. The fourth-order valence-electron chi connectivity index (χ4n) is 2.91. The van der Waals surface area contributed by atoms with E-state index in [1.807, 2.05) is 57.6 Å². The Labute approximate surface area is 144 Å². The third-order valence-electron chi connectivity index (χ3n) is 4.22. The SMILES string of the molecule is O=C(c1csc(-n2cccc2)n1)N1CCN(c2ccccc2)CC1. The number of rotatable bonds is 3. The third-order valence-corrected chi connectivity index (χ3v) is 5.08. The number of nitrogens with zero attached hydrogens (tertiary/aromatic N) is 4.